The number of sulfonamides is 1. The average molecular weight is 585 g/mol. The Morgan fingerprint density at radius 3 is 2.20 bits per heavy atom. The van der Waals surface area contributed by atoms with E-state index in [0.717, 1.165) is 28.4 Å². The van der Waals surface area contributed by atoms with Crippen LogP contribution in [0, 0.1) is 17.0 Å². The maximum absolute atomic E-state index is 13.4. The fourth-order valence-electron chi connectivity index (χ4n) is 3.53. The normalized spacial score (nSPS) is 11.4. The molecule has 10 nitrogen and oxygen atoms in total. The van der Waals surface area contributed by atoms with Gasteiger partial charge in [0.1, 0.15) is 6.61 Å². The number of nitrogens with one attached hydrogen (secondary N) is 1. The molecule has 204 valence electrons. The maximum Gasteiger partial charge on any atom is 1.00 e. The molecule has 0 fully saturated rings. The average Bonchev–Trinajstić information content (AvgIpc) is 3.34. The summed E-state index contributed by atoms with van der Waals surface area (Å²) in [6.07, 6.45) is -4.70. The van der Waals surface area contributed by atoms with Crippen molar-refractivity contribution in [1.82, 2.24) is 14.5 Å². The monoisotopic (exact) mass is 584 g/mol. The number of halogens is 3. The second kappa shape index (κ2) is 12.2. The van der Waals surface area contributed by atoms with E-state index in [4.69, 9.17) is 0 Å². The predicted octanol–water partition coefficient (Wildman–Crippen LogP) is 1.81. The zero-order valence-corrected chi connectivity index (χ0v) is 23.9. The summed E-state index contributed by atoms with van der Waals surface area (Å²) < 4.78 is 68.8. The Hall–Kier alpha value is -3.72. The van der Waals surface area contributed by atoms with Crippen LogP contribution in [0.15, 0.2) is 83.8 Å². The van der Waals surface area contributed by atoms with Gasteiger partial charge in [0.05, 0.1) is 16.3 Å². The topological polar surface area (TPSA) is 133 Å². The van der Waals surface area contributed by atoms with Gasteiger partial charge in [0.15, 0.2) is 5.69 Å². The van der Waals surface area contributed by atoms with Gasteiger partial charge in [-0.1, -0.05) is 42.0 Å². The number of hydrogen-bond acceptors (Lipinski definition) is 7. The van der Waals surface area contributed by atoms with Crippen molar-refractivity contribution in [3.63, 3.8) is 0 Å². The first-order chi connectivity index (χ1) is 18.3. The molecule has 1 aromatic heterocycles. The molecular weight excluding hydrogens is 564 g/mol. The van der Waals surface area contributed by atoms with Gasteiger partial charge in [-0.2, -0.15) is 18.3 Å². The summed E-state index contributed by atoms with van der Waals surface area (Å²) in [5, 5.41) is 13.0. The fraction of sp³-hybridized carbons (Fsp3) is 0.120. The number of aromatic nitrogens is 2. The summed E-state index contributed by atoms with van der Waals surface area (Å²) in [4.78, 5) is 26.7. The number of hydrogen-bond donors (Lipinski definition) is 1. The Bertz CT molecular complexity index is 1630. The van der Waals surface area contributed by atoms with Gasteiger partial charge < -0.3 is 6.26 Å². The summed E-state index contributed by atoms with van der Waals surface area (Å²) in [7, 11) is -4.35. The maximum atomic E-state index is 13.4. The molecule has 40 heavy (non-hydrogen) atoms. The van der Waals surface area contributed by atoms with Crippen LogP contribution in [0.5, 0.6) is 0 Å². The molecule has 0 spiro atoms. The molecule has 0 aliphatic rings. The Morgan fingerprint density at radius 2 is 1.65 bits per heavy atom. The van der Waals surface area contributed by atoms with E-state index in [9.17, 15) is 36.5 Å². The third-order valence-corrected chi connectivity index (χ3v) is 6.87. The molecule has 4 rings (SSSR count). The SMILES string of the molecule is Cc1ccc(-c2cc(C(F)(F)F)nn2-c2ccc(S(=O)(=O)NC(=O)c3ccc(CO[N+](=O)[O-])cc3)cc2)cc1.[H-].[Na+]. The molecule has 3 aromatic carbocycles. The second-order valence-electron chi connectivity index (χ2n) is 8.31. The molecule has 1 N–H and O–H groups in total. The zero-order valence-electron chi connectivity index (χ0n) is 22.0. The first-order valence-corrected chi connectivity index (χ1v) is 12.6. The molecule has 1 amide bonds. The van der Waals surface area contributed by atoms with Crippen molar-refractivity contribution < 1.29 is 67.3 Å². The number of nitrogens with zero attached hydrogens (tertiary/aromatic N) is 3. The Morgan fingerprint density at radius 1 is 1.05 bits per heavy atom. The first-order valence-electron chi connectivity index (χ1n) is 11.1. The minimum Gasteiger partial charge on any atom is -1.00 e. The number of carbonyl (C=O) groups is 1. The number of carbonyl (C=O) groups excluding carboxylic acids is 1. The molecule has 0 aliphatic heterocycles. The second-order valence-corrected chi connectivity index (χ2v) is 10.00. The van der Waals surface area contributed by atoms with Crippen molar-refractivity contribution in [3.8, 4) is 16.9 Å². The summed E-state index contributed by atoms with van der Waals surface area (Å²) in [5.41, 5.74) is 0.953. The van der Waals surface area contributed by atoms with Crippen molar-refractivity contribution in [3.05, 3.63) is 111 Å². The van der Waals surface area contributed by atoms with Gasteiger partial charge in [-0.15, -0.1) is 10.1 Å². The third kappa shape index (κ3) is 7.27. The zero-order chi connectivity index (χ0) is 28.4. The molecule has 0 radical (unpaired) electrons. The van der Waals surface area contributed by atoms with Gasteiger partial charge in [-0.25, -0.2) is 17.8 Å². The van der Waals surface area contributed by atoms with Crippen LogP contribution in [-0.4, -0.2) is 29.2 Å². The van der Waals surface area contributed by atoms with Crippen molar-refractivity contribution in [2.75, 3.05) is 0 Å². The number of benzene rings is 3. The molecule has 0 bridgehead atoms. The van der Waals surface area contributed by atoms with E-state index >= 15 is 0 Å². The number of alkyl halides is 3. The molecule has 15 heteroatoms. The Balaban J connectivity index is 0.00000294. The van der Waals surface area contributed by atoms with Crippen LogP contribution in [-0.2, 0) is 27.6 Å². The molecule has 0 atom stereocenters. The van der Waals surface area contributed by atoms with Crippen LogP contribution in [0.25, 0.3) is 16.9 Å². The molecule has 4 aromatic rings. The fourth-order valence-corrected chi connectivity index (χ4v) is 4.51. The van der Waals surface area contributed by atoms with Gasteiger partial charge in [0, 0.05) is 11.1 Å². The molecule has 1 heterocycles. The number of rotatable bonds is 8. The quantitative estimate of drug-likeness (QED) is 0.190. The smallest absolute Gasteiger partial charge is 1.00 e. The van der Waals surface area contributed by atoms with Crippen molar-refractivity contribution >= 4 is 15.9 Å². The van der Waals surface area contributed by atoms with Crippen molar-refractivity contribution in [2.45, 2.75) is 24.6 Å². The van der Waals surface area contributed by atoms with Gasteiger partial charge >= 0.3 is 35.7 Å². The molecule has 0 aliphatic carbocycles. The third-order valence-electron chi connectivity index (χ3n) is 5.52. The van der Waals surface area contributed by atoms with E-state index in [2.05, 4.69) is 9.94 Å². The van der Waals surface area contributed by atoms with Crippen LogP contribution < -0.4 is 34.3 Å². The summed E-state index contributed by atoms with van der Waals surface area (Å²) in [5.74, 6) is -0.954. The van der Waals surface area contributed by atoms with Crippen molar-refractivity contribution in [2.24, 2.45) is 0 Å². The van der Waals surface area contributed by atoms with Gasteiger partial charge in [0.25, 0.3) is 21.0 Å². The van der Waals surface area contributed by atoms with Crippen LogP contribution in [0.4, 0.5) is 13.2 Å². The minimum absolute atomic E-state index is 0. The minimum atomic E-state index is -4.70. The van der Waals surface area contributed by atoms with Gasteiger partial charge in [-0.05, 0) is 55.0 Å². The summed E-state index contributed by atoms with van der Waals surface area (Å²) in [6, 6.07) is 17.8. The van der Waals surface area contributed by atoms with Gasteiger partial charge in [-0.3, -0.25) is 4.79 Å². The molecular formula is C25H20F3N4NaO6S. The Labute approximate surface area is 249 Å². The van der Waals surface area contributed by atoms with E-state index in [1.165, 1.54) is 36.4 Å². The largest absolute Gasteiger partial charge is 1.00 e. The first kappa shape index (κ1) is 30.8. The van der Waals surface area contributed by atoms with E-state index in [-0.39, 0.29) is 59.4 Å². The van der Waals surface area contributed by atoms with Crippen LogP contribution >= 0.6 is 0 Å². The predicted molar refractivity (Wildman–Crippen MR) is 133 cm³/mol. The summed E-state index contributed by atoms with van der Waals surface area (Å²) >= 11 is 0. The van der Waals surface area contributed by atoms with E-state index < -0.39 is 32.9 Å². The molecule has 0 unspecified atom stereocenters. The molecule has 0 saturated carbocycles. The number of aryl methyl sites for hydroxylation is 1. The van der Waals surface area contributed by atoms with E-state index in [1.54, 1.807) is 24.3 Å². The van der Waals surface area contributed by atoms with Gasteiger partial charge in [0.2, 0.25) is 0 Å². The Kier molecular flexibility index (Phi) is 9.40. The van der Waals surface area contributed by atoms with Crippen molar-refractivity contribution in [1.29, 1.82) is 0 Å². The number of amides is 1. The van der Waals surface area contributed by atoms with Crippen LogP contribution in [0.2, 0.25) is 0 Å². The standard InChI is InChI=1S/C25H19F3N4O6S.Na.H/c1-16-2-6-18(7-3-16)22-14-23(25(26,27)28)29-31(22)20-10-12-21(13-11-20)39(36,37)30-24(33)19-8-4-17(5-9-19)15-38-32(34)35;;/h2-14H,15H2,1H3,(H,30,33);;/q;+1;-1. The van der Waals surface area contributed by atoms with E-state index in [0.29, 0.717) is 11.1 Å². The van der Waals surface area contributed by atoms with Crippen LogP contribution in [0.3, 0.4) is 0 Å². The van der Waals surface area contributed by atoms with Crippen LogP contribution in [0.1, 0.15) is 28.6 Å². The summed E-state index contributed by atoms with van der Waals surface area (Å²) in [6.45, 7) is 1.50. The molecule has 0 saturated heterocycles. The van der Waals surface area contributed by atoms with E-state index in [1.807, 2.05) is 11.6 Å².